The molecular weight excluding hydrogens is 510 g/mol. The lowest BCUT2D eigenvalue weighted by atomic mass is 9.94. The molecule has 5 rings (SSSR count). The number of benzene rings is 2. The zero-order valence-electron chi connectivity index (χ0n) is 20.8. The predicted molar refractivity (Wildman–Crippen MR) is 144 cm³/mol. The summed E-state index contributed by atoms with van der Waals surface area (Å²) in [6.45, 7) is 8.25. The van der Waals surface area contributed by atoms with Gasteiger partial charge in [-0.15, -0.1) is 11.3 Å². The van der Waals surface area contributed by atoms with Gasteiger partial charge in [-0.3, -0.25) is 14.5 Å². The van der Waals surface area contributed by atoms with Gasteiger partial charge in [0, 0.05) is 5.56 Å². The molecule has 37 heavy (non-hydrogen) atoms. The van der Waals surface area contributed by atoms with Crippen LogP contribution in [0.3, 0.4) is 0 Å². The van der Waals surface area contributed by atoms with Gasteiger partial charge in [-0.2, -0.15) is 0 Å². The Morgan fingerprint density at radius 1 is 1.05 bits per heavy atom. The van der Waals surface area contributed by atoms with Gasteiger partial charge >= 0.3 is 0 Å². The summed E-state index contributed by atoms with van der Waals surface area (Å²) in [5, 5.41) is 12.2. The third kappa shape index (κ3) is 4.36. The van der Waals surface area contributed by atoms with Crippen molar-refractivity contribution in [3.63, 3.8) is 0 Å². The number of Topliss-reactive ketones (excluding diaryl/α,β-unsaturated/α-hetero) is 1. The first-order valence-corrected chi connectivity index (χ1v) is 13.5. The summed E-state index contributed by atoms with van der Waals surface area (Å²) < 4.78 is 12.3. The van der Waals surface area contributed by atoms with Crippen LogP contribution in [-0.4, -0.2) is 40.0 Å². The van der Waals surface area contributed by atoms with Crippen molar-refractivity contribution in [1.29, 1.82) is 0 Å². The minimum absolute atomic E-state index is 0.0156. The first-order chi connectivity index (χ1) is 17.8. The topological polar surface area (TPSA) is 102 Å². The smallest absolute Gasteiger partial charge is 0.296 e. The van der Waals surface area contributed by atoms with Crippen LogP contribution in [0.15, 0.2) is 53.8 Å². The third-order valence-electron chi connectivity index (χ3n) is 5.94. The molecule has 1 aliphatic heterocycles. The number of anilines is 1. The number of aliphatic hydroxyl groups excluding tert-OH is 1. The van der Waals surface area contributed by atoms with Crippen molar-refractivity contribution in [2.24, 2.45) is 0 Å². The average molecular weight is 536 g/mol. The molecule has 8 nitrogen and oxygen atoms in total. The number of aliphatic hydroxyl groups is 1. The fourth-order valence-electron chi connectivity index (χ4n) is 4.44. The highest BCUT2D eigenvalue weighted by Crippen LogP contribution is 2.47. The first kappa shape index (κ1) is 24.9. The number of rotatable bonds is 8. The molecular formula is C27H25N3O5S2. The van der Waals surface area contributed by atoms with Crippen molar-refractivity contribution in [1.82, 2.24) is 9.97 Å². The van der Waals surface area contributed by atoms with Gasteiger partial charge in [-0.1, -0.05) is 29.5 Å². The Kier molecular flexibility index (Phi) is 6.70. The quantitative estimate of drug-likeness (QED) is 0.278. The number of carbonyl (C=O) groups excluding carboxylic acids is 2. The molecule has 4 aromatic rings. The van der Waals surface area contributed by atoms with Crippen molar-refractivity contribution < 1.29 is 24.2 Å². The number of para-hydroxylation sites is 1. The van der Waals surface area contributed by atoms with Crippen molar-refractivity contribution in [2.75, 3.05) is 18.1 Å². The van der Waals surface area contributed by atoms with Gasteiger partial charge in [-0.25, -0.2) is 9.97 Å². The molecule has 1 amide bonds. The summed E-state index contributed by atoms with van der Waals surface area (Å²) in [7, 11) is 0. The Morgan fingerprint density at radius 2 is 1.81 bits per heavy atom. The van der Waals surface area contributed by atoms with Gasteiger partial charge in [0.2, 0.25) is 5.78 Å². The van der Waals surface area contributed by atoms with Gasteiger partial charge in [0.15, 0.2) is 10.9 Å². The fraction of sp³-hybridized carbons (Fsp3) is 0.259. The Labute approximate surface area is 221 Å². The van der Waals surface area contributed by atoms with E-state index in [0.29, 0.717) is 51.5 Å². The van der Waals surface area contributed by atoms with Crippen LogP contribution in [0, 0.1) is 13.8 Å². The van der Waals surface area contributed by atoms with Crippen LogP contribution < -0.4 is 14.4 Å². The molecule has 190 valence electrons. The lowest BCUT2D eigenvalue weighted by molar-refractivity contribution is -0.117. The van der Waals surface area contributed by atoms with E-state index in [0.717, 1.165) is 9.71 Å². The van der Waals surface area contributed by atoms with Gasteiger partial charge in [0.1, 0.15) is 17.5 Å². The maximum atomic E-state index is 13.9. The third-order valence-corrected chi connectivity index (χ3v) is 8.03. The van der Waals surface area contributed by atoms with E-state index in [1.54, 1.807) is 19.1 Å². The van der Waals surface area contributed by atoms with Crippen LogP contribution in [0.5, 0.6) is 11.5 Å². The summed E-state index contributed by atoms with van der Waals surface area (Å²) in [5.41, 5.74) is 1.80. The number of hydrogen-bond acceptors (Lipinski definition) is 9. The molecule has 3 heterocycles. The van der Waals surface area contributed by atoms with Crippen LogP contribution in [-0.2, 0) is 4.79 Å². The van der Waals surface area contributed by atoms with E-state index < -0.39 is 23.5 Å². The standard InChI is InChI=1S/C27H25N3O5S2/c1-5-34-16-11-12-18-20(13-16)37-27(29-18)30-22(17-9-7-8-10-19(17)35-6-2)21(24(32)26(30)33)23(31)25-14(3)28-15(4)36-25/h7-13,22,32H,5-6H2,1-4H3. The SMILES string of the molecule is CCOc1ccc2nc(N3C(=O)C(O)=C(C(=O)c4sc(C)nc4C)C3c3ccccc3OCC)sc2c1. The highest BCUT2D eigenvalue weighted by Gasteiger charge is 2.47. The molecule has 0 fully saturated rings. The second-order valence-electron chi connectivity index (χ2n) is 8.35. The number of amides is 1. The molecule has 2 aromatic heterocycles. The van der Waals surface area contributed by atoms with E-state index in [1.807, 2.05) is 51.1 Å². The Bertz CT molecular complexity index is 1550. The van der Waals surface area contributed by atoms with Gasteiger partial charge in [0.25, 0.3) is 5.91 Å². The lowest BCUT2D eigenvalue weighted by Crippen LogP contribution is -2.31. The normalized spacial score (nSPS) is 15.6. The summed E-state index contributed by atoms with van der Waals surface area (Å²) >= 11 is 2.53. The van der Waals surface area contributed by atoms with Crippen molar-refractivity contribution in [2.45, 2.75) is 33.7 Å². The Morgan fingerprint density at radius 3 is 2.51 bits per heavy atom. The van der Waals surface area contributed by atoms with Crippen LogP contribution in [0.4, 0.5) is 5.13 Å². The molecule has 0 saturated heterocycles. The summed E-state index contributed by atoms with van der Waals surface area (Å²) in [5.74, 6) is -0.509. The first-order valence-electron chi connectivity index (χ1n) is 11.8. The maximum absolute atomic E-state index is 13.9. The second-order valence-corrected chi connectivity index (χ2v) is 10.6. The predicted octanol–water partition coefficient (Wildman–Crippen LogP) is 5.95. The van der Waals surface area contributed by atoms with Crippen molar-refractivity contribution >= 4 is 49.7 Å². The minimum atomic E-state index is -0.934. The van der Waals surface area contributed by atoms with Crippen molar-refractivity contribution in [3.05, 3.63) is 74.9 Å². The van der Waals surface area contributed by atoms with Gasteiger partial charge in [0.05, 0.1) is 44.6 Å². The monoisotopic (exact) mass is 535 g/mol. The van der Waals surface area contributed by atoms with Gasteiger partial charge in [-0.05, 0) is 52.0 Å². The van der Waals surface area contributed by atoms with Crippen LogP contribution >= 0.6 is 22.7 Å². The number of carbonyl (C=O) groups is 2. The maximum Gasteiger partial charge on any atom is 0.296 e. The van der Waals surface area contributed by atoms with E-state index in [2.05, 4.69) is 9.97 Å². The average Bonchev–Trinajstić information content (AvgIpc) is 3.52. The summed E-state index contributed by atoms with van der Waals surface area (Å²) in [6, 6.07) is 11.8. The number of fused-ring (bicyclic) bond motifs is 1. The van der Waals surface area contributed by atoms with Crippen LogP contribution in [0.25, 0.3) is 10.2 Å². The lowest BCUT2D eigenvalue weighted by Gasteiger charge is -2.26. The molecule has 2 aromatic carbocycles. The number of hydrogen-bond donors (Lipinski definition) is 1. The second kappa shape index (κ2) is 9.95. The highest BCUT2D eigenvalue weighted by molar-refractivity contribution is 7.22. The number of ether oxygens (including phenoxy) is 2. The van der Waals surface area contributed by atoms with Crippen LogP contribution in [0.1, 0.15) is 45.8 Å². The van der Waals surface area contributed by atoms with Crippen LogP contribution in [0.2, 0.25) is 0 Å². The number of nitrogens with zero attached hydrogens (tertiary/aromatic N) is 3. The molecule has 10 heteroatoms. The molecule has 0 saturated carbocycles. The molecule has 0 aliphatic carbocycles. The molecule has 1 unspecified atom stereocenters. The number of ketones is 1. The molecule has 0 spiro atoms. The van der Waals surface area contributed by atoms with Crippen molar-refractivity contribution in [3.8, 4) is 11.5 Å². The number of aromatic nitrogens is 2. The zero-order chi connectivity index (χ0) is 26.3. The largest absolute Gasteiger partial charge is 0.503 e. The minimum Gasteiger partial charge on any atom is -0.503 e. The van der Waals surface area contributed by atoms with E-state index in [9.17, 15) is 14.7 Å². The van der Waals surface area contributed by atoms with E-state index in [1.165, 1.54) is 27.6 Å². The number of aryl methyl sites for hydroxylation is 2. The highest BCUT2D eigenvalue weighted by atomic mass is 32.1. The number of thiazole rings is 2. The van der Waals surface area contributed by atoms with E-state index in [4.69, 9.17) is 9.47 Å². The zero-order valence-corrected chi connectivity index (χ0v) is 22.4. The van der Waals surface area contributed by atoms with Gasteiger partial charge < -0.3 is 14.6 Å². The molecule has 1 aliphatic rings. The Balaban J connectivity index is 1.69. The summed E-state index contributed by atoms with van der Waals surface area (Å²) in [4.78, 5) is 38.3. The molecule has 0 radical (unpaired) electrons. The molecule has 1 N–H and O–H groups in total. The Hall–Kier alpha value is -3.76. The molecule has 0 bridgehead atoms. The fourth-order valence-corrected chi connectivity index (χ4v) is 6.33. The summed E-state index contributed by atoms with van der Waals surface area (Å²) in [6.07, 6.45) is 0. The molecule has 1 atom stereocenters. The van der Waals surface area contributed by atoms with E-state index >= 15 is 0 Å². The van der Waals surface area contributed by atoms with E-state index in [-0.39, 0.29) is 5.57 Å².